The second-order valence-electron chi connectivity index (χ2n) is 6.25. The van der Waals surface area contributed by atoms with Gasteiger partial charge in [0.25, 0.3) is 0 Å². The van der Waals surface area contributed by atoms with Crippen molar-refractivity contribution in [3.8, 4) is 0 Å². The fraction of sp³-hybridized carbons (Fsp3) is 0.182. The summed E-state index contributed by atoms with van der Waals surface area (Å²) in [4.78, 5) is 0. The molecule has 0 unspecified atom stereocenters. The molecule has 0 nitrogen and oxygen atoms in total. The minimum atomic E-state index is -0.826. The SMILES string of the molecule is Cc1cc2cc[cH-]c2cc1C.Cc1cc2cc[cH-]c2cc1C.[Cl][Zr+2][Cl]. The van der Waals surface area contributed by atoms with E-state index in [2.05, 4.69) is 88.4 Å². The molecule has 0 aliphatic carbocycles. The Morgan fingerprint density at radius 1 is 0.640 bits per heavy atom. The first kappa shape index (κ1) is 20.4. The molecule has 0 atom stereocenters. The summed E-state index contributed by atoms with van der Waals surface area (Å²) >= 11 is -0.826. The molecule has 128 valence electrons. The van der Waals surface area contributed by atoms with Crippen molar-refractivity contribution in [1.82, 2.24) is 0 Å². The third-order valence-corrected chi connectivity index (χ3v) is 4.50. The van der Waals surface area contributed by atoms with Gasteiger partial charge < -0.3 is 0 Å². The van der Waals surface area contributed by atoms with Gasteiger partial charge in [0.2, 0.25) is 0 Å². The Kier molecular flexibility index (Phi) is 7.94. The van der Waals surface area contributed by atoms with Crippen LogP contribution in [0, 0.1) is 27.7 Å². The summed E-state index contributed by atoms with van der Waals surface area (Å²) in [6.45, 7) is 8.62. The molecule has 0 aromatic heterocycles. The fourth-order valence-electron chi connectivity index (χ4n) is 2.81. The maximum atomic E-state index is 4.93. The van der Waals surface area contributed by atoms with Crippen LogP contribution in [0.1, 0.15) is 22.3 Å². The van der Waals surface area contributed by atoms with Gasteiger partial charge in [-0.15, -0.1) is 57.9 Å². The van der Waals surface area contributed by atoms with Crippen LogP contribution >= 0.6 is 17.0 Å². The van der Waals surface area contributed by atoms with E-state index < -0.39 is 20.8 Å². The molecule has 0 fully saturated rings. The van der Waals surface area contributed by atoms with Gasteiger partial charge in [0.1, 0.15) is 0 Å². The first-order valence-corrected chi connectivity index (χ1v) is 14.5. The van der Waals surface area contributed by atoms with Gasteiger partial charge in [0.05, 0.1) is 0 Å². The molecule has 4 aromatic carbocycles. The van der Waals surface area contributed by atoms with E-state index in [9.17, 15) is 0 Å². The van der Waals surface area contributed by atoms with E-state index in [1.165, 1.54) is 43.8 Å². The van der Waals surface area contributed by atoms with Crippen LogP contribution in [0.15, 0.2) is 60.7 Å². The first-order valence-electron chi connectivity index (χ1n) is 8.18. The number of aryl methyl sites for hydroxylation is 4. The van der Waals surface area contributed by atoms with Crippen LogP contribution in [0.2, 0.25) is 0 Å². The molecule has 0 heterocycles. The molecular formula is C22H22Cl2Zr. The topological polar surface area (TPSA) is 0 Å². The predicted molar refractivity (Wildman–Crippen MR) is 110 cm³/mol. The van der Waals surface area contributed by atoms with Crippen LogP contribution < -0.4 is 0 Å². The zero-order chi connectivity index (χ0) is 18.4. The van der Waals surface area contributed by atoms with Gasteiger partial charge in [-0.05, 0) is 27.7 Å². The molecule has 0 aliphatic heterocycles. The van der Waals surface area contributed by atoms with Crippen LogP contribution in [0.5, 0.6) is 0 Å². The molecule has 3 heteroatoms. The summed E-state index contributed by atoms with van der Waals surface area (Å²) in [5.41, 5.74) is 5.51. The third-order valence-electron chi connectivity index (χ3n) is 4.50. The number of fused-ring (bicyclic) bond motifs is 2. The molecular weight excluding hydrogens is 426 g/mol. The van der Waals surface area contributed by atoms with Crippen molar-refractivity contribution in [3.05, 3.63) is 82.9 Å². The fourth-order valence-corrected chi connectivity index (χ4v) is 2.81. The van der Waals surface area contributed by atoms with Gasteiger partial charge in [-0.2, -0.15) is 24.3 Å². The second-order valence-corrected chi connectivity index (χ2v) is 9.99. The Balaban J connectivity index is 0.000000156. The van der Waals surface area contributed by atoms with E-state index in [0.29, 0.717) is 0 Å². The van der Waals surface area contributed by atoms with Gasteiger partial charge >= 0.3 is 37.9 Å². The van der Waals surface area contributed by atoms with Crippen molar-refractivity contribution in [2.45, 2.75) is 27.7 Å². The number of halogens is 2. The van der Waals surface area contributed by atoms with Crippen molar-refractivity contribution in [1.29, 1.82) is 0 Å². The second kappa shape index (κ2) is 9.72. The zero-order valence-corrected chi connectivity index (χ0v) is 19.0. The third kappa shape index (κ3) is 5.55. The van der Waals surface area contributed by atoms with Crippen LogP contribution in [0.3, 0.4) is 0 Å². The normalized spacial score (nSPS) is 9.84. The summed E-state index contributed by atoms with van der Waals surface area (Å²) in [7, 11) is 9.87. The number of hydrogen-bond acceptors (Lipinski definition) is 0. The van der Waals surface area contributed by atoms with Gasteiger partial charge in [0, 0.05) is 0 Å². The molecule has 0 saturated heterocycles. The van der Waals surface area contributed by atoms with E-state index >= 15 is 0 Å². The first-order chi connectivity index (χ1) is 12.0. The van der Waals surface area contributed by atoms with E-state index in [0.717, 1.165) is 0 Å². The van der Waals surface area contributed by atoms with Crippen LogP contribution in [-0.4, -0.2) is 0 Å². The summed E-state index contributed by atoms with van der Waals surface area (Å²) < 4.78 is 0. The zero-order valence-electron chi connectivity index (χ0n) is 15.0. The number of rotatable bonds is 0. The Hall–Kier alpha value is -0.877. The maximum absolute atomic E-state index is 4.93. The molecule has 0 N–H and O–H groups in total. The molecule has 0 saturated carbocycles. The standard InChI is InChI=1S/2C11H11.2ClH.Zr/c2*1-8-6-10-4-3-5-11(10)7-9(8)2;;;/h2*3-7H,1-2H3;2*1H;/q2*-1;;;+4/p-2. The average Bonchev–Trinajstić information content (AvgIpc) is 3.19. The van der Waals surface area contributed by atoms with Gasteiger partial charge in [-0.3, -0.25) is 0 Å². The summed E-state index contributed by atoms with van der Waals surface area (Å²) in [5.74, 6) is 0. The Bertz CT molecular complexity index is 797. The Labute approximate surface area is 169 Å². The molecule has 0 spiro atoms. The van der Waals surface area contributed by atoms with E-state index in [-0.39, 0.29) is 0 Å². The minimum absolute atomic E-state index is 0.826. The molecule has 0 amide bonds. The number of hydrogen-bond donors (Lipinski definition) is 0. The Morgan fingerprint density at radius 3 is 1.32 bits per heavy atom. The molecule has 4 aromatic rings. The molecule has 0 aliphatic rings. The molecule has 0 bridgehead atoms. The summed E-state index contributed by atoms with van der Waals surface area (Å²) in [6, 6.07) is 21.8. The predicted octanol–water partition coefficient (Wildman–Crippen LogP) is 7.73. The van der Waals surface area contributed by atoms with Crippen molar-refractivity contribution in [2.75, 3.05) is 0 Å². The Morgan fingerprint density at radius 2 is 0.960 bits per heavy atom. The summed E-state index contributed by atoms with van der Waals surface area (Å²) in [5, 5.41) is 5.42. The van der Waals surface area contributed by atoms with Gasteiger partial charge in [0.15, 0.2) is 0 Å². The average molecular weight is 449 g/mol. The quantitative estimate of drug-likeness (QED) is 0.242. The van der Waals surface area contributed by atoms with Crippen molar-refractivity contribution in [3.63, 3.8) is 0 Å². The molecule has 0 radical (unpaired) electrons. The molecule has 25 heavy (non-hydrogen) atoms. The van der Waals surface area contributed by atoms with E-state index in [4.69, 9.17) is 17.0 Å². The van der Waals surface area contributed by atoms with E-state index in [1.54, 1.807) is 0 Å². The van der Waals surface area contributed by atoms with E-state index in [1.807, 2.05) is 0 Å². The van der Waals surface area contributed by atoms with Crippen LogP contribution in [-0.2, 0) is 20.8 Å². The van der Waals surface area contributed by atoms with Crippen molar-refractivity contribution >= 4 is 38.6 Å². The van der Waals surface area contributed by atoms with Crippen LogP contribution in [0.25, 0.3) is 21.5 Å². The van der Waals surface area contributed by atoms with Gasteiger partial charge in [-0.25, -0.2) is 0 Å². The monoisotopic (exact) mass is 446 g/mol. The van der Waals surface area contributed by atoms with Gasteiger partial charge in [-0.1, -0.05) is 22.3 Å². The van der Waals surface area contributed by atoms with Crippen LogP contribution in [0.4, 0.5) is 0 Å². The molecule has 4 rings (SSSR count). The number of benzene rings is 2. The van der Waals surface area contributed by atoms with Crippen molar-refractivity contribution in [2.24, 2.45) is 0 Å². The summed E-state index contributed by atoms with van der Waals surface area (Å²) in [6.07, 6.45) is 0. The van der Waals surface area contributed by atoms with Crippen molar-refractivity contribution < 1.29 is 20.8 Å².